The molecular weight excluding hydrogens is 393 g/mol. The Bertz CT molecular complexity index is 746. The fourth-order valence-corrected chi connectivity index (χ4v) is 4.54. The Kier molecular flexibility index (Phi) is 7.03. The summed E-state index contributed by atoms with van der Waals surface area (Å²) in [6.07, 6.45) is 2.73. The summed E-state index contributed by atoms with van der Waals surface area (Å²) in [5.74, 6) is -0.770. The highest BCUT2D eigenvalue weighted by Crippen LogP contribution is 2.42. The number of aliphatic carboxylic acids is 1. The molecule has 0 amide bonds. The van der Waals surface area contributed by atoms with Crippen molar-refractivity contribution in [2.75, 3.05) is 6.54 Å². The maximum absolute atomic E-state index is 11.8. The number of unbranched alkanes of at least 4 members (excludes halogenated alkanes) is 1. The molecule has 28 heavy (non-hydrogen) atoms. The predicted octanol–water partition coefficient (Wildman–Crippen LogP) is 6.29. The Morgan fingerprint density at radius 2 is 1.57 bits per heavy atom. The van der Waals surface area contributed by atoms with Crippen LogP contribution in [0.4, 0.5) is 0 Å². The lowest BCUT2D eigenvalue weighted by atomic mass is 9.74. The second-order valence-electron chi connectivity index (χ2n) is 7.69. The molecule has 1 aliphatic rings. The van der Waals surface area contributed by atoms with Gasteiger partial charge in [0.25, 0.3) is 0 Å². The van der Waals surface area contributed by atoms with Crippen LogP contribution in [-0.4, -0.2) is 28.6 Å². The van der Waals surface area contributed by atoms with E-state index in [2.05, 4.69) is 18.7 Å². The molecule has 0 aromatic heterocycles. The van der Waals surface area contributed by atoms with Crippen LogP contribution in [0.3, 0.4) is 0 Å². The molecule has 0 radical (unpaired) electrons. The van der Waals surface area contributed by atoms with E-state index in [0.29, 0.717) is 10.0 Å². The van der Waals surface area contributed by atoms with E-state index in [1.807, 2.05) is 48.5 Å². The van der Waals surface area contributed by atoms with E-state index in [-0.39, 0.29) is 23.9 Å². The molecule has 1 N–H and O–H groups in total. The fraction of sp³-hybridized carbons (Fsp3) is 0.435. The number of carboxylic acids is 1. The van der Waals surface area contributed by atoms with Gasteiger partial charge in [-0.1, -0.05) is 67.2 Å². The van der Waals surface area contributed by atoms with Crippen LogP contribution in [0.1, 0.15) is 50.3 Å². The Labute approximate surface area is 177 Å². The molecule has 3 atom stereocenters. The standard InChI is InChI=1S/C23H27Cl2NO2/c1-3-4-5-20(23(27)28)21-14-26(15(21)2)22(16-6-10-18(24)11-7-16)17-8-12-19(25)13-9-17/h6-13,15,20-22H,3-5,14H2,1-2H3,(H,27,28). The first kappa shape index (κ1) is 21.2. The third-order valence-electron chi connectivity index (χ3n) is 5.97. The molecule has 150 valence electrons. The maximum atomic E-state index is 11.8. The third kappa shape index (κ3) is 4.53. The monoisotopic (exact) mass is 419 g/mol. The van der Waals surface area contributed by atoms with Gasteiger partial charge in [-0.25, -0.2) is 0 Å². The minimum absolute atomic E-state index is 0.0569. The van der Waals surface area contributed by atoms with Gasteiger partial charge in [-0.3, -0.25) is 9.69 Å². The van der Waals surface area contributed by atoms with Crippen molar-refractivity contribution in [2.24, 2.45) is 11.8 Å². The topological polar surface area (TPSA) is 40.5 Å². The van der Waals surface area contributed by atoms with Crippen molar-refractivity contribution in [3.63, 3.8) is 0 Å². The average molecular weight is 420 g/mol. The van der Waals surface area contributed by atoms with E-state index in [1.165, 1.54) is 0 Å². The van der Waals surface area contributed by atoms with Gasteiger partial charge in [-0.15, -0.1) is 0 Å². The van der Waals surface area contributed by atoms with Gasteiger partial charge >= 0.3 is 5.97 Å². The molecule has 0 saturated carbocycles. The van der Waals surface area contributed by atoms with Gasteiger partial charge in [-0.2, -0.15) is 0 Å². The lowest BCUT2D eigenvalue weighted by Gasteiger charge is -2.52. The molecule has 5 heteroatoms. The maximum Gasteiger partial charge on any atom is 0.306 e. The number of hydrogen-bond donors (Lipinski definition) is 1. The van der Waals surface area contributed by atoms with Crippen molar-refractivity contribution in [2.45, 2.75) is 45.2 Å². The Hall–Kier alpha value is -1.55. The second kappa shape index (κ2) is 9.30. The van der Waals surface area contributed by atoms with Crippen LogP contribution >= 0.6 is 23.2 Å². The van der Waals surface area contributed by atoms with Gasteiger partial charge in [0, 0.05) is 28.5 Å². The fourth-order valence-electron chi connectivity index (χ4n) is 4.28. The van der Waals surface area contributed by atoms with Crippen molar-refractivity contribution >= 4 is 29.2 Å². The minimum atomic E-state index is -0.667. The molecule has 1 saturated heterocycles. The van der Waals surface area contributed by atoms with Crippen molar-refractivity contribution < 1.29 is 9.90 Å². The molecule has 1 heterocycles. The van der Waals surface area contributed by atoms with Crippen LogP contribution in [0.15, 0.2) is 48.5 Å². The predicted molar refractivity (Wildman–Crippen MR) is 115 cm³/mol. The Morgan fingerprint density at radius 1 is 1.07 bits per heavy atom. The van der Waals surface area contributed by atoms with Gasteiger partial charge in [0.05, 0.1) is 12.0 Å². The summed E-state index contributed by atoms with van der Waals surface area (Å²) in [7, 11) is 0. The summed E-state index contributed by atoms with van der Waals surface area (Å²) in [5, 5.41) is 11.1. The summed E-state index contributed by atoms with van der Waals surface area (Å²) in [6, 6.07) is 16.1. The molecular formula is C23H27Cl2NO2. The molecule has 0 bridgehead atoms. The zero-order chi connectivity index (χ0) is 20.3. The number of carbonyl (C=O) groups is 1. The summed E-state index contributed by atoms with van der Waals surface area (Å²) in [6.45, 7) is 5.03. The molecule has 3 unspecified atom stereocenters. The van der Waals surface area contributed by atoms with Crippen LogP contribution in [0, 0.1) is 11.8 Å². The number of benzene rings is 2. The summed E-state index contributed by atoms with van der Waals surface area (Å²) in [4.78, 5) is 14.2. The number of rotatable bonds is 8. The Morgan fingerprint density at radius 3 is 1.96 bits per heavy atom. The zero-order valence-electron chi connectivity index (χ0n) is 16.3. The number of carboxylic acid groups (broad SMARTS) is 1. The van der Waals surface area contributed by atoms with Gasteiger partial charge in [-0.05, 0) is 48.7 Å². The van der Waals surface area contributed by atoms with Crippen LogP contribution < -0.4 is 0 Å². The van der Waals surface area contributed by atoms with Gasteiger partial charge in [0.1, 0.15) is 0 Å². The number of halogens is 2. The number of nitrogens with zero attached hydrogens (tertiary/aromatic N) is 1. The zero-order valence-corrected chi connectivity index (χ0v) is 17.8. The van der Waals surface area contributed by atoms with Crippen LogP contribution in [-0.2, 0) is 4.79 Å². The van der Waals surface area contributed by atoms with Gasteiger partial charge in [0.2, 0.25) is 0 Å². The van der Waals surface area contributed by atoms with Crippen molar-refractivity contribution in [1.29, 1.82) is 0 Å². The number of likely N-dealkylation sites (tertiary alicyclic amines) is 1. The van der Waals surface area contributed by atoms with Crippen molar-refractivity contribution in [3.8, 4) is 0 Å². The summed E-state index contributed by atoms with van der Waals surface area (Å²) < 4.78 is 0. The van der Waals surface area contributed by atoms with E-state index >= 15 is 0 Å². The smallest absolute Gasteiger partial charge is 0.306 e. The normalized spacial score (nSPS) is 20.8. The molecule has 1 aliphatic heterocycles. The molecule has 3 rings (SSSR count). The van der Waals surface area contributed by atoms with E-state index in [4.69, 9.17) is 23.2 Å². The van der Waals surface area contributed by atoms with Crippen LogP contribution in [0.5, 0.6) is 0 Å². The molecule has 3 nitrogen and oxygen atoms in total. The van der Waals surface area contributed by atoms with E-state index in [0.717, 1.165) is 36.9 Å². The van der Waals surface area contributed by atoms with Gasteiger partial charge in [0.15, 0.2) is 0 Å². The largest absolute Gasteiger partial charge is 0.481 e. The van der Waals surface area contributed by atoms with E-state index < -0.39 is 5.97 Å². The third-order valence-corrected chi connectivity index (χ3v) is 6.47. The highest BCUT2D eigenvalue weighted by atomic mass is 35.5. The Balaban J connectivity index is 1.86. The molecule has 1 fully saturated rings. The molecule has 0 aliphatic carbocycles. The first-order valence-corrected chi connectivity index (χ1v) is 10.7. The summed E-state index contributed by atoms with van der Waals surface area (Å²) in [5.41, 5.74) is 2.30. The quantitative estimate of drug-likeness (QED) is 0.545. The first-order valence-electron chi connectivity index (χ1n) is 9.91. The second-order valence-corrected chi connectivity index (χ2v) is 8.57. The first-order chi connectivity index (χ1) is 13.4. The van der Waals surface area contributed by atoms with E-state index in [9.17, 15) is 9.90 Å². The molecule has 2 aromatic rings. The minimum Gasteiger partial charge on any atom is -0.481 e. The van der Waals surface area contributed by atoms with Crippen molar-refractivity contribution in [3.05, 3.63) is 69.7 Å². The molecule has 0 spiro atoms. The average Bonchev–Trinajstić information content (AvgIpc) is 2.68. The lowest BCUT2D eigenvalue weighted by molar-refractivity contribution is -0.150. The highest BCUT2D eigenvalue weighted by Gasteiger charge is 2.46. The SMILES string of the molecule is CCCCC(C(=O)O)C1CN(C(c2ccc(Cl)cc2)c2ccc(Cl)cc2)C1C. The van der Waals surface area contributed by atoms with E-state index in [1.54, 1.807) is 0 Å². The van der Waals surface area contributed by atoms with Crippen LogP contribution in [0.2, 0.25) is 10.0 Å². The summed E-state index contributed by atoms with van der Waals surface area (Å²) >= 11 is 12.2. The molecule has 2 aromatic carbocycles. The van der Waals surface area contributed by atoms with Gasteiger partial charge < -0.3 is 5.11 Å². The number of hydrogen-bond acceptors (Lipinski definition) is 2. The van der Waals surface area contributed by atoms with Crippen molar-refractivity contribution in [1.82, 2.24) is 4.90 Å². The highest BCUT2D eigenvalue weighted by molar-refractivity contribution is 6.30. The lowest BCUT2D eigenvalue weighted by Crippen LogP contribution is -2.59. The van der Waals surface area contributed by atoms with Crippen LogP contribution in [0.25, 0.3) is 0 Å².